The molecule has 120 valence electrons. The van der Waals surface area contributed by atoms with E-state index in [1.165, 1.54) is 12.5 Å². The second-order valence-electron chi connectivity index (χ2n) is 5.34. The number of hydrogen-bond donors (Lipinski definition) is 1. The Morgan fingerprint density at radius 1 is 1.55 bits per heavy atom. The summed E-state index contributed by atoms with van der Waals surface area (Å²) in [7, 11) is -3.32. The number of aromatic nitrogens is 3. The Bertz CT molecular complexity index is 753. The second kappa shape index (κ2) is 6.07. The van der Waals surface area contributed by atoms with Crippen LogP contribution < -0.4 is 0 Å². The molecule has 0 aliphatic carbocycles. The van der Waals surface area contributed by atoms with Crippen molar-refractivity contribution < 1.29 is 13.2 Å². The highest BCUT2D eigenvalue weighted by atomic mass is 32.2. The van der Waals surface area contributed by atoms with E-state index in [0.29, 0.717) is 25.5 Å². The minimum Gasteiger partial charge on any atom is -0.378 e. The number of aromatic amines is 1. The van der Waals surface area contributed by atoms with E-state index in [-0.39, 0.29) is 10.9 Å². The Kier molecular flexibility index (Phi) is 4.31. The van der Waals surface area contributed by atoms with Crippen LogP contribution in [0.5, 0.6) is 0 Å². The molecule has 0 aromatic carbocycles. The van der Waals surface area contributed by atoms with Gasteiger partial charge in [0.1, 0.15) is 4.90 Å². The van der Waals surface area contributed by atoms with Crippen molar-refractivity contribution in [2.45, 2.75) is 24.4 Å². The lowest BCUT2D eigenvalue weighted by Crippen LogP contribution is -2.39. The van der Waals surface area contributed by atoms with Crippen LogP contribution in [0.3, 0.4) is 0 Å². The summed E-state index contributed by atoms with van der Waals surface area (Å²) in [5.41, 5.74) is 1.59. The van der Waals surface area contributed by atoms with Crippen LogP contribution in [-0.2, 0) is 21.1 Å². The van der Waals surface area contributed by atoms with Crippen LogP contribution >= 0.6 is 11.3 Å². The summed E-state index contributed by atoms with van der Waals surface area (Å²) in [5, 5.41) is 9.80. The predicted octanol–water partition coefficient (Wildman–Crippen LogP) is 1.15. The SMILES string of the molecule is Cc1nc(CN2CCOC[C@H]2c2[nH]ncc2S(C)(=O)=O)cs1. The largest absolute Gasteiger partial charge is 0.378 e. The van der Waals surface area contributed by atoms with Gasteiger partial charge in [-0.1, -0.05) is 0 Å². The van der Waals surface area contributed by atoms with Gasteiger partial charge in [0.2, 0.25) is 0 Å². The summed E-state index contributed by atoms with van der Waals surface area (Å²) in [6.07, 6.45) is 2.56. The Morgan fingerprint density at radius 2 is 2.36 bits per heavy atom. The summed E-state index contributed by atoms with van der Waals surface area (Å²) in [4.78, 5) is 6.90. The fourth-order valence-electron chi connectivity index (χ4n) is 2.60. The summed E-state index contributed by atoms with van der Waals surface area (Å²) in [6, 6.07) is -0.164. The molecular formula is C13H18N4O3S2. The molecule has 3 heterocycles. The molecule has 22 heavy (non-hydrogen) atoms. The maximum Gasteiger partial charge on any atom is 0.178 e. The van der Waals surface area contributed by atoms with Crippen LogP contribution in [0.15, 0.2) is 16.5 Å². The van der Waals surface area contributed by atoms with Gasteiger partial charge in [-0.25, -0.2) is 13.4 Å². The molecule has 1 fully saturated rings. The Morgan fingerprint density at radius 3 is 3.05 bits per heavy atom. The molecule has 2 aromatic rings. The third-order valence-electron chi connectivity index (χ3n) is 3.64. The van der Waals surface area contributed by atoms with Gasteiger partial charge >= 0.3 is 0 Å². The molecule has 1 aliphatic rings. The zero-order valence-corrected chi connectivity index (χ0v) is 14.1. The van der Waals surface area contributed by atoms with Gasteiger partial charge in [-0.15, -0.1) is 11.3 Å². The van der Waals surface area contributed by atoms with Crippen molar-refractivity contribution in [1.29, 1.82) is 0 Å². The molecule has 2 aromatic heterocycles. The molecule has 0 unspecified atom stereocenters. The van der Waals surface area contributed by atoms with Crippen molar-refractivity contribution in [2.75, 3.05) is 26.0 Å². The maximum atomic E-state index is 11.9. The number of ether oxygens (including phenoxy) is 1. The highest BCUT2D eigenvalue weighted by molar-refractivity contribution is 7.90. The average molecular weight is 342 g/mol. The first-order valence-electron chi connectivity index (χ1n) is 6.91. The third kappa shape index (κ3) is 3.22. The van der Waals surface area contributed by atoms with Crippen molar-refractivity contribution in [3.8, 4) is 0 Å². The van der Waals surface area contributed by atoms with E-state index in [4.69, 9.17) is 4.74 Å². The summed E-state index contributed by atoms with van der Waals surface area (Å²) >= 11 is 1.61. The zero-order chi connectivity index (χ0) is 15.7. The van der Waals surface area contributed by atoms with Crippen LogP contribution in [0, 0.1) is 6.92 Å². The molecule has 3 rings (SSSR count). The Balaban J connectivity index is 1.88. The van der Waals surface area contributed by atoms with Crippen molar-refractivity contribution in [2.24, 2.45) is 0 Å². The van der Waals surface area contributed by atoms with Crippen LogP contribution in [0.1, 0.15) is 22.4 Å². The minimum atomic E-state index is -3.32. The highest BCUT2D eigenvalue weighted by Gasteiger charge is 2.31. The maximum absolute atomic E-state index is 11.9. The molecule has 7 nitrogen and oxygen atoms in total. The molecule has 1 atom stereocenters. The highest BCUT2D eigenvalue weighted by Crippen LogP contribution is 2.29. The lowest BCUT2D eigenvalue weighted by atomic mass is 10.1. The molecule has 0 bridgehead atoms. The zero-order valence-electron chi connectivity index (χ0n) is 12.4. The van der Waals surface area contributed by atoms with Gasteiger partial charge < -0.3 is 4.74 Å². The number of thiazole rings is 1. The number of morpholine rings is 1. The van der Waals surface area contributed by atoms with Gasteiger partial charge in [0.25, 0.3) is 0 Å². The van der Waals surface area contributed by atoms with Crippen LogP contribution in [0.2, 0.25) is 0 Å². The van der Waals surface area contributed by atoms with Crippen LogP contribution in [-0.4, -0.2) is 54.5 Å². The van der Waals surface area contributed by atoms with Crippen molar-refractivity contribution >= 4 is 21.2 Å². The molecule has 1 N–H and O–H groups in total. The lowest BCUT2D eigenvalue weighted by molar-refractivity contribution is -0.0157. The number of nitrogens with one attached hydrogen (secondary N) is 1. The van der Waals surface area contributed by atoms with E-state index in [0.717, 1.165) is 17.2 Å². The number of H-pyrrole nitrogens is 1. The predicted molar refractivity (Wildman–Crippen MR) is 82.5 cm³/mol. The second-order valence-corrected chi connectivity index (χ2v) is 8.39. The van der Waals surface area contributed by atoms with Gasteiger partial charge in [-0.2, -0.15) is 5.10 Å². The topological polar surface area (TPSA) is 88.2 Å². The van der Waals surface area contributed by atoms with Gasteiger partial charge in [0.15, 0.2) is 9.84 Å². The summed E-state index contributed by atoms with van der Waals surface area (Å²) < 4.78 is 29.3. The van der Waals surface area contributed by atoms with E-state index in [1.807, 2.05) is 12.3 Å². The smallest absolute Gasteiger partial charge is 0.178 e. The van der Waals surface area contributed by atoms with Gasteiger partial charge in [0, 0.05) is 24.7 Å². The Hall–Kier alpha value is -1.29. The van der Waals surface area contributed by atoms with E-state index in [1.54, 1.807) is 11.3 Å². The first-order valence-corrected chi connectivity index (χ1v) is 9.68. The molecule has 1 saturated heterocycles. The fraction of sp³-hybridized carbons (Fsp3) is 0.538. The first-order chi connectivity index (χ1) is 10.4. The quantitative estimate of drug-likeness (QED) is 0.897. The molecular weight excluding hydrogens is 324 g/mol. The number of rotatable bonds is 4. The van der Waals surface area contributed by atoms with E-state index >= 15 is 0 Å². The lowest BCUT2D eigenvalue weighted by Gasteiger charge is -2.34. The standard InChI is InChI=1S/C13H18N4O3S2/c1-9-15-10(8-21-9)6-17-3-4-20-7-11(17)13-12(5-14-16-13)22(2,18)19/h5,8,11H,3-4,6-7H2,1-2H3,(H,14,16)/t11-/m0/s1. The first kappa shape index (κ1) is 15.6. The van der Waals surface area contributed by atoms with Crippen LogP contribution in [0.25, 0.3) is 0 Å². The number of aryl methyl sites for hydroxylation is 1. The molecule has 0 radical (unpaired) electrons. The van der Waals surface area contributed by atoms with E-state index in [2.05, 4.69) is 20.1 Å². The Labute approximate surface area is 133 Å². The van der Waals surface area contributed by atoms with Gasteiger partial charge in [-0.05, 0) is 6.92 Å². The molecule has 0 saturated carbocycles. The fourth-order valence-corrected chi connectivity index (χ4v) is 4.03. The average Bonchev–Trinajstić information content (AvgIpc) is 3.08. The molecule has 0 amide bonds. The molecule has 9 heteroatoms. The monoisotopic (exact) mass is 342 g/mol. The summed E-state index contributed by atoms with van der Waals surface area (Å²) in [6.45, 7) is 4.43. The third-order valence-corrected chi connectivity index (χ3v) is 5.58. The summed E-state index contributed by atoms with van der Waals surface area (Å²) in [5.74, 6) is 0. The molecule has 0 spiro atoms. The van der Waals surface area contributed by atoms with Gasteiger partial charge in [0.05, 0.1) is 41.8 Å². The molecule has 1 aliphatic heterocycles. The number of hydrogen-bond acceptors (Lipinski definition) is 7. The van der Waals surface area contributed by atoms with Crippen molar-refractivity contribution in [3.05, 3.63) is 28.0 Å². The van der Waals surface area contributed by atoms with E-state index < -0.39 is 9.84 Å². The number of nitrogens with zero attached hydrogens (tertiary/aromatic N) is 3. The normalized spacial score (nSPS) is 20.4. The van der Waals surface area contributed by atoms with Crippen molar-refractivity contribution in [3.63, 3.8) is 0 Å². The van der Waals surface area contributed by atoms with Crippen LogP contribution in [0.4, 0.5) is 0 Å². The van der Waals surface area contributed by atoms with E-state index in [9.17, 15) is 8.42 Å². The minimum absolute atomic E-state index is 0.164. The number of sulfone groups is 1. The van der Waals surface area contributed by atoms with Gasteiger partial charge in [-0.3, -0.25) is 10.00 Å². The van der Waals surface area contributed by atoms with Crippen molar-refractivity contribution in [1.82, 2.24) is 20.1 Å².